The first-order valence-electron chi connectivity index (χ1n) is 50.6. The van der Waals surface area contributed by atoms with Crippen molar-refractivity contribution in [2.24, 2.45) is 115 Å². The van der Waals surface area contributed by atoms with Crippen LogP contribution < -0.4 is 102 Å². The summed E-state index contributed by atoms with van der Waals surface area (Å²) in [5.74, 6) is -3.25. The number of aliphatic imine (C=N–C) groups is 1. The van der Waals surface area contributed by atoms with Gasteiger partial charge in [-0.05, 0) is 56.3 Å². The number of nitrogens with zero attached hydrogens (tertiary/aromatic N) is 1. The highest BCUT2D eigenvalue weighted by Crippen LogP contribution is 2.43. The van der Waals surface area contributed by atoms with Gasteiger partial charge in [-0.1, -0.05) is 36.5 Å². The van der Waals surface area contributed by atoms with Crippen molar-refractivity contribution >= 4 is 11.7 Å². The highest BCUT2D eigenvalue weighted by atomic mass is 16.8. The van der Waals surface area contributed by atoms with Crippen LogP contribution >= 0.6 is 0 Å². The maximum absolute atomic E-state index is 13.0. The van der Waals surface area contributed by atoms with Crippen molar-refractivity contribution in [1.29, 1.82) is 0 Å². The Labute approximate surface area is 860 Å². The quantitative estimate of drug-likeness (QED) is 0.0116. The summed E-state index contributed by atoms with van der Waals surface area (Å²) in [5.41, 5.74) is 90.0. The van der Waals surface area contributed by atoms with Crippen LogP contribution in [0, 0.1) is 23.7 Å². The molecule has 1 unspecified atom stereocenters. The lowest BCUT2D eigenvalue weighted by Crippen LogP contribution is -2.64. The molecule has 9 aliphatic heterocycles. The maximum atomic E-state index is 13.0. The van der Waals surface area contributed by atoms with Crippen LogP contribution in [0.4, 0.5) is 0 Å². The summed E-state index contributed by atoms with van der Waals surface area (Å²) in [7, 11) is 0. The third-order valence-electron chi connectivity index (χ3n) is 28.6. The molecule has 60 heteroatoms. The van der Waals surface area contributed by atoms with E-state index in [2.05, 4.69) is 20.9 Å². The van der Waals surface area contributed by atoms with Gasteiger partial charge in [0, 0.05) is 122 Å². The summed E-state index contributed by atoms with van der Waals surface area (Å²) in [5, 5.41) is 238. The first-order valence-corrected chi connectivity index (χ1v) is 50.6. The number of carbonyl (C=O) groups is 1. The Bertz CT molecular complexity index is 3940. The lowest BCUT2D eigenvalue weighted by Gasteiger charge is -2.46. The monoisotopic (exact) mass is 2160 g/mol. The number of aliphatic hydroxyl groups is 22. The van der Waals surface area contributed by atoms with E-state index in [1.54, 1.807) is 36.5 Å². The topological polar surface area (TPSA) is 1070 Å². The number of guanidine groups is 1. The predicted molar refractivity (Wildman–Crippen MR) is 513 cm³/mol. The molecule has 3 saturated carbocycles. The number of ketones is 1. The van der Waals surface area contributed by atoms with Gasteiger partial charge in [0.1, 0.15) is 153 Å². The average molecular weight is 2160 g/mol. The standard InChI is InChI=1S/C31H58N8O14.C29H56N6O13.C29H55N5O14/c32-9-18-22(45)23(46)20(35)29(49-18)52-26-19(11-41)50-30(24(26)47)53-27-21(44)12(8-17(43)16(42)3-4-39-31(36)37)7-15(34)25(27)51-28-14(33)2-1-13(48-28)10-38-5-6-40;30-8-13(38)2-1-12-7-16(33)24(46-27-15(32)4-3-14(43-27)10-35-5-6-36)26(20(12)39)48-29-23(42)25(18(11-37)45-29)47-28-19(34)22(41)21(40)17(9-31)44-28;30-7-17-21(40)22(41)19(33)28(44-17)47-25-18(11-38)45-29(23(25)42)48-26-20(39)13(5-12(9-36)10-37)6-16(32)24(26)46-27-15(31)2-1-14(43-27)8-34-3-4-35/h1-2,12-16,18-30,38,40-42,44-47H,3-11,32-35H2,(H4,36,37,39);3-4,12-29,35-42H,1-2,5-11,30-34H2;1-2,12-29,34-42H,3-11,30-33H2/t12-,13-,14+,15-,16-,18-,19+,20+,21-,22+,23+,24+,25+,26+,27+,28+,29+,30-;12-,13?,14+,15-,16+,17+,18-,19-,20+,21-,22-,23-,24-,25-,26-,27-,28-,29+;13-,14+,15-,16+,17+,18-,19-,20+,21-,22-,23-,24-,25-,26-,27-,28-,29+/m011/s1. The Balaban J connectivity index is 0.000000229. The third-order valence-corrected chi connectivity index (χ3v) is 28.6. The fraction of sp³-hybridized carbons (Fsp3) is 0.910. The molecule has 0 aromatic carbocycles. The molecule has 0 spiro atoms. The molecule has 9 heterocycles. The maximum Gasteiger partial charge on any atom is 0.187 e. The lowest BCUT2D eigenvalue weighted by atomic mass is 9.75. The molecule has 55 N–H and O–H groups in total. The van der Waals surface area contributed by atoms with Gasteiger partial charge in [0.2, 0.25) is 0 Å². The van der Waals surface area contributed by atoms with E-state index in [-0.39, 0.29) is 110 Å². The summed E-state index contributed by atoms with van der Waals surface area (Å²) in [6, 6.07) is -8.35. The highest BCUT2D eigenvalue weighted by molar-refractivity contribution is 5.83. The van der Waals surface area contributed by atoms with Crippen LogP contribution in [0.15, 0.2) is 41.4 Å². The van der Waals surface area contributed by atoms with E-state index in [0.29, 0.717) is 52.1 Å². The van der Waals surface area contributed by atoms with Gasteiger partial charge in [0.05, 0.1) is 119 Å². The second kappa shape index (κ2) is 61.3. The molecule has 0 radical (unpaired) electrons. The number of hydrogen-bond donors (Lipinski definition) is 40. The van der Waals surface area contributed by atoms with Crippen LogP contribution in [0.3, 0.4) is 0 Å². The Morgan fingerprint density at radius 1 is 0.349 bits per heavy atom. The second-order valence-corrected chi connectivity index (χ2v) is 39.5. The van der Waals surface area contributed by atoms with Gasteiger partial charge >= 0.3 is 0 Å². The summed E-state index contributed by atoms with van der Waals surface area (Å²) in [6.45, 7) is -1.17. The minimum Gasteiger partial charge on any atom is -0.396 e. The van der Waals surface area contributed by atoms with Crippen molar-refractivity contribution < 1.29 is 202 Å². The van der Waals surface area contributed by atoms with Crippen LogP contribution in [0.2, 0.25) is 0 Å². The summed E-state index contributed by atoms with van der Waals surface area (Å²) in [4.78, 5) is 16.8. The van der Waals surface area contributed by atoms with E-state index in [1.807, 2.05) is 0 Å². The van der Waals surface area contributed by atoms with Gasteiger partial charge in [-0.15, -0.1) is 0 Å². The number of hydrogen-bond acceptors (Lipinski definition) is 58. The molecule has 12 rings (SSSR count). The second-order valence-electron chi connectivity index (χ2n) is 39.5. The van der Waals surface area contributed by atoms with E-state index in [9.17, 15) is 102 Å². The molecule has 0 bridgehead atoms. The number of nitrogens with two attached hydrogens (primary N) is 15. The molecule has 3 aliphatic carbocycles. The van der Waals surface area contributed by atoms with Crippen LogP contribution in [0.5, 0.6) is 0 Å². The fourth-order valence-electron chi connectivity index (χ4n) is 20.0. The van der Waals surface area contributed by atoms with Crippen molar-refractivity contribution in [3.63, 3.8) is 0 Å². The molecule has 0 amide bonds. The first kappa shape index (κ1) is 127. The van der Waals surface area contributed by atoms with Gasteiger partial charge in [-0.2, -0.15) is 0 Å². The number of rotatable bonds is 50. The fourth-order valence-corrected chi connectivity index (χ4v) is 20.0. The van der Waals surface area contributed by atoms with Crippen molar-refractivity contribution in [2.45, 2.75) is 358 Å². The molecule has 12 aliphatic rings. The van der Waals surface area contributed by atoms with Gasteiger partial charge in [-0.25, -0.2) is 0 Å². The zero-order valence-corrected chi connectivity index (χ0v) is 82.9. The van der Waals surface area contributed by atoms with E-state index in [4.69, 9.17) is 187 Å². The van der Waals surface area contributed by atoms with E-state index in [1.165, 1.54) is 0 Å². The summed E-state index contributed by atoms with van der Waals surface area (Å²) >= 11 is 0. The van der Waals surface area contributed by atoms with E-state index < -0.39 is 356 Å². The third kappa shape index (κ3) is 33.3. The molecular weight excluding hydrogens is 1990 g/mol. The zero-order chi connectivity index (χ0) is 109. The van der Waals surface area contributed by atoms with Crippen LogP contribution in [0.25, 0.3) is 0 Å². The average Bonchev–Trinajstić information content (AvgIpc) is 1.64. The molecule has 60 nitrogen and oxygen atoms in total. The van der Waals surface area contributed by atoms with Crippen LogP contribution in [-0.4, -0.2) is 555 Å². The number of ether oxygens (including phenoxy) is 18. The summed E-state index contributed by atoms with van der Waals surface area (Å²) in [6.07, 6.45) is -39.2. The van der Waals surface area contributed by atoms with Gasteiger partial charge in [-0.3, -0.25) is 9.79 Å². The van der Waals surface area contributed by atoms with Crippen LogP contribution in [-0.2, 0) is 90.1 Å². The van der Waals surface area contributed by atoms with E-state index in [0.717, 1.165) is 0 Å². The van der Waals surface area contributed by atoms with E-state index >= 15 is 0 Å². The van der Waals surface area contributed by atoms with Crippen molar-refractivity contribution in [3.05, 3.63) is 36.5 Å². The Morgan fingerprint density at radius 2 is 0.651 bits per heavy atom. The summed E-state index contributed by atoms with van der Waals surface area (Å²) < 4.78 is 108. The Kier molecular flexibility index (Phi) is 52.2. The molecule has 0 aromatic heterocycles. The minimum atomic E-state index is -1.66. The zero-order valence-electron chi connectivity index (χ0n) is 82.9. The number of nitrogens with one attached hydrogen (secondary N) is 3. The van der Waals surface area contributed by atoms with Crippen molar-refractivity contribution in [2.75, 3.05) is 125 Å². The Morgan fingerprint density at radius 3 is 0.960 bits per heavy atom. The molecule has 0 aromatic rings. The van der Waals surface area contributed by atoms with Gasteiger partial charge in [0.25, 0.3) is 0 Å². The largest absolute Gasteiger partial charge is 0.396 e. The lowest BCUT2D eigenvalue weighted by molar-refractivity contribution is -0.286. The van der Waals surface area contributed by atoms with Crippen molar-refractivity contribution in [3.8, 4) is 0 Å². The molecule has 149 heavy (non-hydrogen) atoms. The van der Waals surface area contributed by atoms with Gasteiger partial charge < -0.3 is 300 Å². The molecule has 9 fully saturated rings. The molecule has 6 saturated heterocycles. The van der Waals surface area contributed by atoms with Crippen LogP contribution in [0.1, 0.15) is 51.4 Å². The number of Topliss-reactive ketones (excluding diaryl/α,β-unsaturated/α-hetero) is 1. The smallest absolute Gasteiger partial charge is 0.187 e. The molecule has 866 valence electrons. The SMILES string of the molecule is NCC(O)CC[C@@H]1C[C@H](N)[C@@H](O[C@H]2O[C@H](CNCCO)C=C[C@H]2N)[C@H](O[C@@H]2O[C@H](CO)[C@@H](O[C@H]3O[C@@H](CN)[C@@H](O)[C@H](O)[C@H]3N)[C@H]2O)[C@H]1O.NC[C@@H]1O[C@H](O[C@H]2[C@@H](O)[C@H](O[C@@H]3[C@@H](O)[C@H](CC(=O)[C@@H](O)CCN=C(N)N)C[C@H](N)[C@H]3O[C@H]3O[C@H](CNCCO)C=C[C@H]3N)O[C@@H]2CO)[C@H](N)[C@@H](O)[C@@H]1O.NC[C@@H]1O[C@H](O[C@H]2[C@@H](O)[C@H](O[C@@H]3[C@@H](O)[C@H](CC(CO)CO)C[C@H](N)[C@H]3O[C@H]3O[C@H](CNCCO)C=C[C@H]3N)O[C@@H]2CO)[C@H](N)[C@@H](O)[C@@H]1O. The first-order chi connectivity index (χ1) is 71.1. The Hall–Kier alpha value is -4.08. The highest BCUT2D eigenvalue weighted by Gasteiger charge is 2.60. The normalized spacial score (nSPS) is 44.4. The molecular formula is C89H169N19O41. The minimum absolute atomic E-state index is 0.00832. The number of aliphatic hydroxyl groups excluding tert-OH is 22. The van der Waals surface area contributed by atoms with Crippen molar-refractivity contribution in [1.82, 2.24) is 16.0 Å². The number of carbonyl (C=O) groups excluding carboxylic acids is 1. The van der Waals surface area contributed by atoms with Gasteiger partial charge in [0.15, 0.2) is 68.4 Å². The molecule has 53 atom stereocenters. The predicted octanol–water partition coefficient (Wildman–Crippen LogP) is -22.4.